The molecule has 2 atom stereocenters. The predicted molar refractivity (Wildman–Crippen MR) is 63.9 cm³/mol. The molecule has 5 heteroatoms. The molecule has 2 aliphatic rings. The van der Waals surface area contributed by atoms with E-state index in [1.54, 1.807) is 7.11 Å². The van der Waals surface area contributed by atoms with Gasteiger partial charge in [0, 0.05) is 26.1 Å². The summed E-state index contributed by atoms with van der Waals surface area (Å²) in [5.74, 6) is 2.72. The standard InChI is InChI=1S/C12H20N4O/c1-17-10-5-3-7-16-11(14-15-12(10)16)9-4-2-6-13-8-9/h9-10,13H,2-8H2,1H3. The van der Waals surface area contributed by atoms with Crippen molar-refractivity contribution in [2.45, 2.75) is 44.2 Å². The molecule has 0 bridgehead atoms. The van der Waals surface area contributed by atoms with Gasteiger partial charge in [0.2, 0.25) is 0 Å². The average Bonchev–Trinajstić information content (AvgIpc) is 2.83. The first-order valence-corrected chi connectivity index (χ1v) is 6.56. The summed E-state index contributed by atoms with van der Waals surface area (Å²) in [5.41, 5.74) is 0. The highest BCUT2D eigenvalue weighted by molar-refractivity contribution is 5.08. The normalized spacial score (nSPS) is 29.0. The number of fused-ring (bicyclic) bond motifs is 1. The lowest BCUT2D eigenvalue weighted by atomic mass is 9.98. The predicted octanol–water partition coefficient (Wildman–Crippen LogP) is 1.23. The molecule has 17 heavy (non-hydrogen) atoms. The van der Waals surface area contributed by atoms with E-state index < -0.39 is 0 Å². The van der Waals surface area contributed by atoms with Crippen LogP contribution in [-0.4, -0.2) is 35.0 Å². The molecule has 0 amide bonds. The fourth-order valence-corrected chi connectivity index (χ4v) is 2.96. The third-order valence-electron chi connectivity index (χ3n) is 3.89. The first kappa shape index (κ1) is 11.2. The number of methoxy groups -OCH3 is 1. The molecule has 5 nitrogen and oxygen atoms in total. The van der Waals surface area contributed by atoms with Crippen LogP contribution in [0.3, 0.4) is 0 Å². The molecule has 0 saturated carbocycles. The molecule has 1 N–H and O–H groups in total. The Labute approximate surface area is 102 Å². The minimum atomic E-state index is 0.140. The Morgan fingerprint density at radius 1 is 1.24 bits per heavy atom. The van der Waals surface area contributed by atoms with Crippen LogP contribution < -0.4 is 5.32 Å². The Morgan fingerprint density at radius 2 is 2.12 bits per heavy atom. The van der Waals surface area contributed by atoms with E-state index in [1.807, 2.05) is 0 Å². The van der Waals surface area contributed by atoms with E-state index in [2.05, 4.69) is 20.1 Å². The summed E-state index contributed by atoms with van der Waals surface area (Å²) in [6.45, 7) is 3.22. The SMILES string of the molecule is COC1CCCn2c(C3CCCNC3)nnc21. The first-order valence-electron chi connectivity index (χ1n) is 6.56. The quantitative estimate of drug-likeness (QED) is 0.839. The van der Waals surface area contributed by atoms with Crippen LogP contribution in [0.1, 0.15) is 49.4 Å². The Bertz CT molecular complexity index is 384. The maximum Gasteiger partial charge on any atom is 0.162 e. The summed E-state index contributed by atoms with van der Waals surface area (Å²) in [4.78, 5) is 0. The maximum absolute atomic E-state index is 5.48. The molecule has 0 aliphatic carbocycles. The van der Waals surface area contributed by atoms with Crippen LogP contribution in [0.5, 0.6) is 0 Å². The molecular weight excluding hydrogens is 216 g/mol. The number of nitrogens with zero attached hydrogens (tertiary/aromatic N) is 3. The Hall–Kier alpha value is -0.940. The Kier molecular flexibility index (Phi) is 3.11. The second kappa shape index (κ2) is 4.74. The molecule has 3 rings (SSSR count). The summed E-state index contributed by atoms with van der Waals surface area (Å²) >= 11 is 0. The van der Waals surface area contributed by atoms with Gasteiger partial charge in [-0.1, -0.05) is 0 Å². The number of rotatable bonds is 2. The maximum atomic E-state index is 5.48. The van der Waals surface area contributed by atoms with Crippen LogP contribution in [-0.2, 0) is 11.3 Å². The average molecular weight is 236 g/mol. The molecule has 1 aromatic rings. The molecule has 1 saturated heterocycles. The third-order valence-corrected chi connectivity index (χ3v) is 3.89. The zero-order valence-corrected chi connectivity index (χ0v) is 10.4. The summed E-state index contributed by atoms with van der Waals surface area (Å²) in [7, 11) is 1.76. The van der Waals surface area contributed by atoms with E-state index in [1.165, 1.54) is 12.8 Å². The van der Waals surface area contributed by atoms with Gasteiger partial charge in [0.25, 0.3) is 0 Å². The Balaban J connectivity index is 1.88. The van der Waals surface area contributed by atoms with Crippen molar-refractivity contribution in [1.29, 1.82) is 0 Å². The van der Waals surface area contributed by atoms with Crippen LogP contribution in [0.4, 0.5) is 0 Å². The van der Waals surface area contributed by atoms with Crippen molar-refractivity contribution >= 4 is 0 Å². The monoisotopic (exact) mass is 236 g/mol. The van der Waals surface area contributed by atoms with Gasteiger partial charge in [0.05, 0.1) is 0 Å². The number of piperidine rings is 1. The number of hydrogen-bond donors (Lipinski definition) is 1. The van der Waals surface area contributed by atoms with Gasteiger partial charge in [0.15, 0.2) is 5.82 Å². The summed E-state index contributed by atoms with van der Waals surface area (Å²) in [6, 6.07) is 0. The highest BCUT2D eigenvalue weighted by Crippen LogP contribution is 2.30. The second-order valence-corrected chi connectivity index (χ2v) is 4.98. The molecule has 3 heterocycles. The van der Waals surface area contributed by atoms with Crippen LogP contribution in [0.2, 0.25) is 0 Å². The lowest BCUT2D eigenvalue weighted by Crippen LogP contribution is -2.31. The second-order valence-electron chi connectivity index (χ2n) is 4.98. The zero-order chi connectivity index (χ0) is 11.7. The topological polar surface area (TPSA) is 52.0 Å². The van der Waals surface area contributed by atoms with Gasteiger partial charge in [-0.05, 0) is 32.2 Å². The fraction of sp³-hybridized carbons (Fsp3) is 0.833. The highest BCUT2D eigenvalue weighted by atomic mass is 16.5. The summed E-state index contributed by atoms with van der Waals surface area (Å²) < 4.78 is 7.77. The van der Waals surface area contributed by atoms with E-state index in [4.69, 9.17) is 4.74 Å². The van der Waals surface area contributed by atoms with Gasteiger partial charge in [-0.25, -0.2) is 0 Å². The van der Waals surface area contributed by atoms with Gasteiger partial charge in [0.1, 0.15) is 11.9 Å². The lowest BCUT2D eigenvalue weighted by Gasteiger charge is -2.26. The van der Waals surface area contributed by atoms with Crippen molar-refractivity contribution in [3.8, 4) is 0 Å². The molecule has 2 unspecified atom stereocenters. The van der Waals surface area contributed by atoms with Crippen LogP contribution in [0.25, 0.3) is 0 Å². The molecular formula is C12H20N4O. The van der Waals surface area contributed by atoms with Gasteiger partial charge in [-0.2, -0.15) is 0 Å². The van der Waals surface area contributed by atoms with E-state index in [0.717, 1.165) is 44.1 Å². The minimum Gasteiger partial charge on any atom is -0.373 e. The van der Waals surface area contributed by atoms with E-state index in [0.29, 0.717) is 5.92 Å². The molecule has 0 radical (unpaired) electrons. The smallest absolute Gasteiger partial charge is 0.162 e. The van der Waals surface area contributed by atoms with E-state index in [-0.39, 0.29) is 6.10 Å². The van der Waals surface area contributed by atoms with Crippen molar-refractivity contribution in [1.82, 2.24) is 20.1 Å². The highest BCUT2D eigenvalue weighted by Gasteiger charge is 2.28. The lowest BCUT2D eigenvalue weighted by molar-refractivity contribution is 0.0711. The molecule has 2 aliphatic heterocycles. The third kappa shape index (κ3) is 1.98. The van der Waals surface area contributed by atoms with Crippen LogP contribution in [0, 0.1) is 0 Å². The first-order chi connectivity index (χ1) is 8.40. The van der Waals surface area contributed by atoms with Gasteiger partial charge in [-0.3, -0.25) is 0 Å². The van der Waals surface area contributed by atoms with E-state index >= 15 is 0 Å². The van der Waals surface area contributed by atoms with Crippen molar-refractivity contribution < 1.29 is 4.74 Å². The molecule has 94 valence electrons. The number of nitrogens with one attached hydrogen (secondary N) is 1. The van der Waals surface area contributed by atoms with Crippen molar-refractivity contribution in [3.63, 3.8) is 0 Å². The minimum absolute atomic E-state index is 0.140. The number of ether oxygens (including phenoxy) is 1. The molecule has 1 aromatic heterocycles. The summed E-state index contributed by atoms with van der Waals surface area (Å²) in [5, 5.41) is 12.2. The summed E-state index contributed by atoms with van der Waals surface area (Å²) in [6.07, 6.45) is 4.83. The van der Waals surface area contributed by atoms with E-state index in [9.17, 15) is 0 Å². The zero-order valence-electron chi connectivity index (χ0n) is 10.4. The largest absolute Gasteiger partial charge is 0.373 e. The van der Waals surface area contributed by atoms with Crippen LogP contribution >= 0.6 is 0 Å². The Morgan fingerprint density at radius 3 is 2.88 bits per heavy atom. The molecule has 0 aromatic carbocycles. The molecule has 0 spiro atoms. The number of hydrogen-bond acceptors (Lipinski definition) is 4. The number of aromatic nitrogens is 3. The van der Waals surface area contributed by atoms with Gasteiger partial charge < -0.3 is 14.6 Å². The van der Waals surface area contributed by atoms with Gasteiger partial charge >= 0.3 is 0 Å². The fourth-order valence-electron chi connectivity index (χ4n) is 2.96. The molecule has 1 fully saturated rings. The van der Waals surface area contributed by atoms with Crippen LogP contribution in [0.15, 0.2) is 0 Å². The van der Waals surface area contributed by atoms with Crippen molar-refractivity contribution in [2.24, 2.45) is 0 Å². The van der Waals surface area contributed by atoms with Crippen molar-refractivity contribution in [3.05, 3.63) is 11.6 Å². The van der Waals surface area contributed by atoms with Gasteiger partial charge in [-0.15, -0.1) is 10.2 Å². The van der Waals surface area contributed by atoms with Crippen molar-refractivity contribution in [2.75, 3.05) is 20.2 Å².